The Morgan fingerprint density at radius 1 is 1.19 bits per heavy atom. The fourth-order valence-electron chi connectivity index (χ4n) is 2.53. The molecule has 0 amide bonds. The number of aromatic nitrogens is 2. The van der Waals surface area contributed by atoms with E-state index in [2.05, 4.69) is 15.4 Å². The third kappa shape index (κ3) is 5.16. The summed E-state index contributed by atoms with van der Waals surface area (Å²) in [4.78, 5) is 4.35. The first-order valence-electron chi connectivity index (χ1n) is 7.81. The molecule has 0 fully saturated rings. The van der Waals surface area contributed by atoms with Gasteiger partial charge in [-0.05, 0) is 24.6 Å². The van der Waals surface area contributed by atoms with Crippen molar-refractivity contribution in [1.82, 2.24) is 15.1 Å². The summed E-state index contributed by atoms with van der Waals surface area (Å²) in [5.74, 6) is 2.40. The maximum atomic E-state index is 5.96. The van der Waals surface area contributed by atoms with E-state index in [0.717, 1.165) is 16.8 Å². The molecule has 0 aliphatic heterocycles. The maximum Gasteiger partial charge on any atom is 0.216 e. The van der Waals surface area contributed by atoms with Crippen LogP contribution in [-0.2, 0) is 20.1 Å². The van der Waals surface area contributed by atoms with Crippen LogP contribution in [0, 0.1) is 6.92 Å². The highest BCUT2D eigenvalue weighted by Crippen LogP contribution is 2.27. The van der Waals surface area contributed by atoms with Gasteiger partial charge in [0.2, 0.25) is 5.88 Å². The SMILES string of the molecule is COc1ccc(CN=C(N)NCc2c(C)nn(C)c2OC)cc1OC.I. The zero-order chi connectivity index (χ0) is 18.4. The number of nitrogens with zero attached hydrogens (tertiary/aromatic N) is 3. The van der Waals surface area contributed by atoms with Gasteiger partial charge in [0.15, 0.2) is 17.5 Å². The van der Waals surface area contributed by atoms with Gasteiger partial charge < -0.3 is 25.3 Å². The Morgan fingerprint density at radius 3 is 2.50 bits per heavy atom. The average molecular weight is 475 g/mol. The summed E-state index contributed by atoms with van der Waals surface area (Å²) in [7, 11) is 6.66. The molecule has 2 aromatic rings. The van der Waals surface area contributed by atoms with E-state index in [4.69, 9.17) is 19.9 Å². The molecule has 3 N–H and O–H groups in total. The lowest BCUT2D eigenvalue weighted by molar-refractivity contribution is 0.354. The second kappa shape index (κ2) is 10.1. The monoisotopic (exact) mass is 475 g/mol. The first-order chi connectivity index (χ1) is 12.0. The Labute approximate surface area is 170 Å². The van der Waals surface area contributed by atoms with Crippen molar-refractivity contribution in [3.63, 3.8) is 0 Å². The predicted molar refractivity (Wildman–Crippen MR) is 112 cm³/mol. The van der Waals surface area contributed by atoms with Crippen molar-refractivity contribution in [2.24, 2.45) is 17.8 Å². The normalized spacial score (nSPS) is 10.9. The van der Waals surface area contributed by atoms with Crippen molar-refractivity contribution in [2.45, 2.75) is 20.0 Å². The van der Waals surface area contributed by atoms with Crippen LogP contribution in [0.2, 0.25) is 0 Å². The molecule has 144 valence electrons. The van der Waals surface area contributed by atoms with Crippen LogP contribution in [0.1, 0.15) is 16.8 Å². The molecule has 1 aromatic carbocycles. The van der Waals surface area contributed by atoms with Crippen molar-refractivity contribution in [3.8, 4) is 17.4 Å². The van der Waals surface area contributed by atoms with Gasteiger partial charge in [0.1, 0.15) is 0 Å². The van der Waals surface area contributed by atoms with E-state index in [1.165, 1.54) is 0 Å². The highest BCUT2D eigenvalue weighted by Gasteiger charge is 2.13. The van der Waals surface area contributed by atoms with E-state index < -0.39 is 0 Å². The number of hydrogen-bond donors (Lipinski definition) is 2. The van der Waals surface area contributed by atoms with Gasteiger partial charge in [-0.2, -0.15) is 5.10 Å². The van der Waals surface area contributed by atoms with Crippen LogP contribution in [0.25, 0.3) is 0 Å². The van der Waals surface area contributed by atoms with Gasteiger partial charge in [-0.25, -0.2) is 9.67 Å². The zero-order valence-electron chi connectivity index (χ0n) is 15.7. The standard InChI is InChI=1S/C17H25N5O3.HI/c1-11-13(16(25-5)22(2)21-11)10-20-17(18)19-9-12-6-7-14(23-3)15(8-12)24-4;/h6-8H,9-10H2,1-5H3,(H3,18,19,20);1H. The minimum Gasteiger partial charge on any atom is -0.493 e. The molecular weight excluding hydrogens is 449 g/mol. The number of benzene rings is 1. The van der Waals surface area contributed by atoms with Gasteiger partial charge in [-0.1, -0.05) is 6.07 Å². The van der Waals surface area contributed by atoms with E-state index in [9.17, 15) is 0 Å². The molecule has 0 radical (unpaired) electrons. The molecule has 0 spiro atoms. The fourth-order valence-corrected chi connectivity index (χ4v) is 2.53. The summed E-state index contributed by atoms with van der Waals surface area (Å²) in [5, 5.41) is 7.42. The predicted octanol–water partition coefficient (Wildman–Crippen LogP) is 1.98. The van der Waals surface area contributed by atoms with E-state index in [-0.39, 0.29) is 24.0 Å². The summed E-state index contributed by atoms with van der Waals surface area (Å²) in [5.41, 5.74) is 8.77. The summed E-state index contributed by atoms with van der Waals surface area (Å²) in [6, 6.07) is 5.65. The van der Waals surface area contributed by atoms with Gasteiger partial charge >= 0.3 is 0 Å². The number of rotatable bonds is 7. The van der Waals surface area contributed by atoms with Crippen LogP contribution in [0.15, 0.2) is 23.2 Å². The van der Waals surface area contributed by atoms with Gasteiger partial charge in [-0.3, -0.25) is 0 Å². The number of aliphatic imine (C=N–C) groups is 1. The van der Waals surface area contributed by atoms with Crippen LogP contribution in [0.4, 0.5) is 0 Å². The Hall–Kier alpha value is -2.17. The van der Waals surface area contributed by atoms with Crippen LogP contribution < -0.4 is 25.3 Å². The number of hydrogen-bond acceptors (Lipinski definition) is 5. The number of nitrogens with two attached hydrogens (primary N) is 1. The number of guanidine groups is 1. The van der Waals surface area contributed by atoms with Crippen LogP contribution in [-0.4, -0.2) is 37.1 Å². The Morgan fingerprint density at radius 2 is 1.88 bits per heavy atom. The van der Waals surface area contributed by atoms with Crippen LogP contribution in [0.5, 0.6) is 17.4 Å². The molecule has 2 rings (SSSR count). The number of aryl methyl sites for hydroxylation is 2. The van der Waals surface area contributed by atoms with E-state index in [1.807, 2.05) is 32.2 Å². The Balaban J connectivity index is 0.00000338. The summed E-state index contributed by atoms with van der Waals surface area (Å²) >= 11 is 0. The molecule has 1 heterocycles. The first kappa shape index (κ1) is 21.9. The first-order valence-corrected chi connectivity index (χ1v) is 7.81. The number of halogens is 1. The van der Waals surface area contributed by atoms with Crippen LogP contribution >= 0.6 is 24.0 Å². The highest BCUT2D eigenvalue weighted by molar-refractivity contribution is 14.0. The summed E-state index contributed by atoms with van der Waals surface area (Å²) in [6.07, 6.45) is 0. The smallest absolute Gasteiger partial charge is 0.216 e. The number of ether oxygens (including phenoxy) is 3. The topological polar surface area (TPSA) is 95.9 Å². The Bertz CT molecular complexity index is 761. The lowest BCUT2D eigenvalue weighted by Crippen LogP contribution is -2.31. The van der Waals surface area contributed by atoms with Crippen molar-refractivity contribution in [2.75, 3.05) is 21.3 Å². The van der Waals surface area contributed by atoms with Crippen molar-refractivity contribution >= 4 is 29.9 Å². The molecule has 0 atom stereocenters. The lowest BCUT2D eigenvalue weighted by Gasteiger charge is -2.09. The second-order valence-electron chi connectivity index (χ2n) is 5.44. The molecular formula is C17H26IN5O3. The minimum atomic E-state index is 0. The number of methoxy groups -OCH3 is 3. The molecule has 0 saturated heterocycles. The average Bonchev–Trinajstić information content (AvgIpc) is 2.90. The van der Waals surface area contributed by atoms with Crippen molar-refractivity contribution in [3.05, 3.63) is 35.0 Å². The molecule has 0 bridgehead atoms. The third-order valence-corrected chi connectivity index (χ3v) is 3.81. The van der Waals surface area contributed by atoms with Crippen LogP contribution in [0.3, 0.4) is 0 Å². The highest BCUT2D eigenvalue weighted by atomic mass is 127. The molecule has 8 nitrogen and oxygen atoms in total. The third-order valence-electron chi connectivity index (χ3n) is 3.81. The Kier molecular flexibility index (Phi) is 8.49. The maximum absolute atomic E-state index is 5.96. The summed E-state index contributed by atoms with van der Waals surface area (Å²) in [6.45, 7) is 2.85. The molecule has 0 aliphatic rings. The van der Waals surface area contributed by atoms with Crippen molar-refractivity contribution < 1.29 is 14.2 Å². The van der Waals surface area contributed by atoms with E-state index in [1.54, 1.807) is 26.0 Å². The largest absolute Gasteiger partial charge is 0.493 e. The number of nitrogens with one attached hydrogen (secondary N) is 1. The molecule has 9 heteroatoms. The van der Waals surface area contributed by atoms with Gasteiger partial charge in [-0.15, -0.1) is 24.0 Å². The quantitative estimate of drug-likeness (QED) is 0.361. The zero-order valence-corrected chi connectivity index (χ0v) is 18.0. The van der Waals surface area contributed by atoms with E-state index >= 15 is 0 Å². The summed E-state index contributed by atoms with van der Waals surface area (Å²) < 4.78 is 17.6. The fraction of sp³-hybridized carbons (Fsp3) is 0.412. The lowest BCUT2D eigenvalue weighted by atomic mass is 10.2. The van der Waals surface area contributed by atoms with Gasteiger partial charge in [0, 0.05) is 7.05 Å². The minimum absolute atomic E-state index is 0. The molecule has 0 aliphatic carbocycles. The van der Waals surface area contributed by atoms with Gasteiger partial charge in [0.05, 0.1) is 45.7 Å². The van der Waals surface area contributed by atoms with Crippen molar-refractivity contribution in [1.29, 1.82) is 0 Å². The second-order valence-corrected chi connectivity index (χ2v) is 5.44. The van der Waals surface area contributed by atoms with E-state index in [0.29, 0.717) is 36.4 Å². The van der Waals surface area contributed by atoms with Gasteiger partial charge in [0.25, 0.3) is 0 Å². The molecule has 1 aromatic heterocycles. The molecule has 26 heavy (non-hydrogen) atoms. The molecule has 0 unspecified atom stereocenters. The molecule has 0 saturated carbocycles.